The van der Waals surface area contributed by atoms with E-state index in [9.17, 15) is 29.7 Å². The number of hydrogen-bond acceptors (Lipinski definition) is 4. The molecule has 0 aliphatic heterocycles. The number of quaternary nitrogens is 1. The smallest absolute Gasteiger partial charge is 0.312 e. The highest BCUT2D eigenvalue weighted by Crippen LogP contribution is 2.25. The molecular weight excluding hydrogens is 542 g/mol. The average Bonchev–Trinajstić information content (AvgIpc) is 2.98. The van der Waals surface area contributed by atoms with Gasteiger partial charge in [0.1, 0.15) is 11.8 Å². The van der Waals surface area contributed by atoms with Crippen molar-refractivity contribution in [3.05, 3.63) is 12.2 Å². The SMILES string of the molecule is CCCCCCC/C=C/CCCCCCCCCCCC[N+](CC(CC)C(=O)[O-])(CC(CC)C(=O)O)CC(CC)C(=O)O. The molecule has 252 valence electrons. The van der Waals surface area contributed by atoms with Crippen LogP contribution in [0.3, 0.4) is 0 Å². The zero-order chi connectivity index (χ0) is 32.3. The molecule has 0 aliphatic carbocycles. The van der Waals surface area contributed by atoms with Crippen LogP contribution in [-0.4, -0.2) is 58.8 Å². The van der Waals surface area contributed by atoms with Crippen LogP contribution in [-0.2, 0) is 14.4 Å². The molecule has 3 unspecified atom stereocenters. The number of carbonyl (C=O) groups excluding carboxylic acids is 1. The highest BCUT2D eigenvalue weighted by atomic mass is 16.4. The Kier molecular flexibility index (Phi) is 25.3. The van der Waals surface area contributed by atoms with Crippen molar-refractivity contribution in [2.75, 3.05) is 26.2 Å². The molecule has 0 heterocycles. The Balaban J connectivity index is 4.63. The van der Waals surface area contributed by atoms with Gasteiger partial charge in [0.05, 0.1) is 32.1 Å². The third-order valence-corrected chi connectivity index (χ3v) is 9.23. The standard InChI is InChI=1S/C36H67NO6/c1-5-9-10-11-12-13-14-15-16-17-18-19-20-21-22-23-24-25-26-27-37(28-31(6-2)34(38)39,29-32(7-3)35(40)41)30-33(8-4)36(42)43/h14-15,31-33H,5-13,16-30H2,1-4H3,(H2-,38,39,40,41,42,43)/b15-14+. The Morgan fingerprint density at radius 3 is 1.26 bits per heavy atom. The molecule has 0 spiro atoms. The van der Waals surface area contributed by atoms with Gasteiger partial charge < -0.3 is 24.6 Å². The van der Waals surface area contributed by atoms with Crippen LogP contribution in [0.1, 0.15) is 156 Å². The summed E-state index contributed by atoms with van der Waals surface area (Å²) in [6, 6.07) is 0. The zero-order valence-electron chi connectivity index (χ0n) is 28.3. The van der Waals surface area contributed by atoms with E-state index in [1.165, 1.54) is 83.5 Å². The predicted octanol–water partition coefficient (Wildman–Crippen LogP) is 8.01. The molecule has 0 radical (unpaired) electrons. The molecule has 0 saturated carbocycles. The molecule has 0 bridgehead atoms. The number of aliphatic carboxylic acids is 3. The summed E-state index contributed by atoms with van der Waals surface area (Å²) < 4.78 is 0.218. The number of carbonyl (C=O) groups is 3. The highest BCUT2D eigenvalue weighted by Gasteiger charge is 2.39. The van der Waals surface area contributed by atoms with Gasteiger partial charge in [0.25, 0.3) is 0 Å². The van der Waals surface area contributed by atoms with E-state index in [-0.39, 0.29) is 24.1 Å². The number of carboxylic acids is 3. The minimum Gasteiger partial charge on any atom is -0.550 e. The fourth-order valence-corrected chi connectivity index (χ4v) is 6.26. The van der Waals surface area contributed by atoms with E-state index in [2.05, 4.69) is 19.1 Å². The zero-order valence-corrected chi connectivity index (χ0v) is 28.3. The van der Waals surface area contributed by atoms with Gasteiger partial charge in [-0.15, -0.1) is 0 Å². The first kappa shape index (κ1) is 41.1. The number of carboxylic acid groups (broad SMARTS) is 3. The third kappa shape index (κ3) is 20.7. The van der Waals surface area contributed by atoms with Crippen molar-refractivity contribution in [3.8, 4) is 0 Å². The fourth-order valence-electron chi connectivity index (χ4n) is 6.26. The normalized spacial score (nSPS) is 15.3. The van der Waals surface area contributed by atoms with Crippen LogP contribution in [0.4, 0.5) is 0 Å². The number of unbranched alkanes of at least 4 members (excludes halogenated alkanes) is 15. The molecule has 0 rings (SSSR count). The van der Waals surface area contributed by atoms with Crippen molar-refractivity contribution in [1.82, 2.24) is 0 Å². The fraction of sp³-hybridized carbons (Fsp3) is 0.861. The second-order valence-electron chi connectivity index (χ2n) is 12.9. The third-order valence-electron chi connectivity index (χ3n) is 9.23. The molecule has 43 heavy (non-hydrogen) atoms. The lowest BCUT2D eigenvalue weighted by Crippen LogP contribution is -2.59. The van der Waals surface area contributed by atoms with Gasteiger partial charge in [-0.3, -0.25) is 9.59 Å². The van der Waals surface area contributed by atoms with Crippen LogP contribution in [0.15, 0.2) is 12.2 Å². The van der Waals surface area contributed by atoms with E-state index < -0.39 is 35.7 Å². The first-order valence-corrected chi connectivity index (χ1v) is 17.8. The van der Waals surface area contributed by atoms with Gasteiger partial charge in [0, 0.05) is 5.92 Å². The number of nitrogens with zero attached hydrogens (tertiary/aromatic N) is 1. The minimum atomic E-state index is -1.14. The Morgan fingerprint density at radius 2 is 0.907 bits per heavy atom. The van der Waals surface area contributed by atoms with Gasteiger partial charge in [0.2, 0.25) is 0 Å². The number of hydrogen-bond donors (Lipinski definition) is 2. The number of allylic oxidation sites excluding steroid dienone is 2. The molecule has 0 aliphatic rings. The molecule has 0 fully saturated rings. The molecule has 0 aromatic heterocycles. The van der Waals surface area contributed by atoms with E-state index >= 15 is 0 Å². The largest absolute Gasteiger partial charge is 0.550 e. The van der Waals surface area contributed by atoms with Gasteiger partial charge >= 0.3 is 11.9 Å². The van der Waals surface area contributed by atoms with E-state index in [1.54, 1.807) is 6.92 Å². The number of rotatable bonds is 31. The topological polar surface area (TPSA) is 115 Å². The Hall–Kier alpha value is -1.89. The van der Waals surface area contributed by atoms with Crippen molar-refractivity contribution >= 4 is 17.9 Å². The second kappa shape index (κ2) is 26.5. The molecule has 7 heteroatoms. The van der Waals surface area contributed by atoms with Crippen molar-refractivity contribution in [1.29, 1.82) is 0 Å². The molecule has 0 aromatic rings. The molecule has 3 atom stereocenters. The second-order valence-corrected chi connectivity index (χ2v) is 12.9. The lowest BCUT2D eigenvalue weighted by atomic mass is 9.95. The first-order chi connectivity index (χ1) is 20.7. The van der Waals surface area contributed by atoms with Crippen LogP contribution >= 0.6 is 0 Å². The first-order valence-electron chi connectivity index (χ1n) is 17.8. The average molecular weight is 610 g/mol. The maximum absolute atomic E-state index is 12.0. The van der Waals surface area contributed by atoms with Crippen molar-refractivity contribution in [2.24, 2.45) is 17.8 Å². The summed E-state index contributed by atoms with van der Waals surface area (Å²) in [6.07, 6.45) is 26.8. The lowest BCUT2D eigenvalue weighted by Gasteiger charge is -2.44. The summed E-state index contributed by atoms with van der Waals surface area (Å²) in [7, 11) is 0. The van der Waals surface area contributed by atoms with Gasteiger partial charge in [-0.1, -0.05) is 110 Å². The van der Waals surface area contributed by atoms with Crippen LogP contribution in [0.5, 0.6) is 0 Å². The Morgan fingerprint density at radius 1 is 0.558 bits per heavy atom. The predicted molar refractivity (Wildman–Crippen MR) is 175 cm³/mol. The van der Waals surface area contributed by atoms with Gasteiger partial charge in [-0.25, -0.2) is 0 Å². The molecule has 7 nitrogen and oxygen atoms in total. The highest BCUT2D eigenvalue weighted by molar-refractivity contribution is 5.70. The maximum Gasteiger partial charge on any atom is 0.312 e. The van der Waals surface area contributed by atoms with Crippen molar-refractivity contribution < 1.29 is 34.2 Å². The maximum atomic E-state index is 12.0. The molecular formula is C36H67NO6. The van der Waals surface area contributed by atoms with E-state index in [1.807, 2.05) is 13.8 Å². The monoisotopic (exact) mass is 609 g/mol. The summed E-state index contributed by atoms with van der Waals surface area (Å²) in [6.45, 7) is 9.05. The Labute approximate surface area is 264 Å². The summed E-state index contributed by atoms with van der Waals surface area (Å²) in [5.74, 6) is -4.95. The van der Waals surface area contributed by atoms with E-state index in [0.717, 1.165) is 25.7 Å². The summed E-state index contributed by atoms with van der Waals surface area (Å²) in [5.41, 5.74) is 0. The summed E-state index contributed by atoms with van der Waals surface area (Å²) >= 11 is 0. The van der Waals surface area contributed by atoms with Crippen LogP contribution in [0.2, 0.25) is 0 Å². The van der Waals surface area contributed by atoms with Gasteiger partial charge in [0.15, 0.2) is 0 Å². The Bertz CT molecular complexity index is 692. The molecule has 2 N–H and O–H groups in total. The van der Waals surface area contributed by atoms with Crippen molar-refractivity contribution in [2.45, 2.75) is 156 Å². The molecule has 0 aromatic carbocycles. The minimum absolute atomic E-state index is 0.218. The quantitative estimate of drug-likeness (QED) is 0.0467. The molecule has 0 saturated heterocycles. The summed E-state index contributed by atoms with van der Waals surface area (Å²) in [4.78, 5) is 35.8. The summed E-state index contributed by atoms with van der Waals surface area (Å²) in [5, 5.41) is 31.5. The van der Waals surface area contributed by atoms with Crippen LogP contribution in [0, 0.1) is 17.8 Å². The van der Waals surface area contributed by atoms with Gasteiger partial charge in [-0.2, -0.15) is 0 Å². The lowest BCUT2D eigenvalue weighted by molar-refractivity contribution is -0.935. The van der Waals surface area contributed by atoms with Crippen LogP contribution < -0.4 is 5.11 Å². The van der Waals surface area contributed by atoms with Crippen LogP contribution in [0.25, 0.3) is 0 Å². The van der Waals surface area contributed by atoms with Gasteiger partial charge in [-0.05, 0) is 57.8 Å². The van der Waals surface area contributed by atoms with E-state index in [0.29, 0.717) is 25.8 Å². The molecule has 0 amide bonds. The van der Waals surface area contributed by atoms with E-state index in [4.69, 9.17) is 0 Å². The van der Waals surface area contributed by atoms with Crippen molar-refractivity contribution in [3.63, 3.8) is 0 Å².